The molecule has 8 heteroatoms. The summed E-state index contributed by atoms with van der Waals surface area (Å²) in [4.78, 5) is 47.0. The number of carbonyl (C=O) groups excluding carboxylic acids is 3. The second-order valence-electron chi connectivity index (χ2n) is 11.9. The number of ether oxygens (including phenoxy) is 1. The zero-order valence-corrected chi connectivity index (χ0v) is 22.4. The van der Waals surface area contributed by atoms with Crippen molar-refractivity contribution in [2.45, 2.75) is 83.2 Å². The van der Waals surface area contributed by atoms with E-state index in [4.69, 9.17) is 4.74 Å². The summed E-state index contributed by atoms with van der Waals surface area (Å²) in [6.45, 7) is 19.5. The molecular formula is C27H43N3O5. The van der Waals surface area contributed by atoms with Crippen LogP contribution < -0.4 is 0 Å². The molecule has 3 aliphatic heterocycles. The first-order chi connectivity index (χ1) is 16.2. The first kappa shape index (κ1) is 27.4. The van der Waals surface area contributed by atoms with Gasteiger partial charge in [0, 0.05) is 25.7 Å². The second kappa shape index (κ2) is 9.36. The summed E-state index contributed by atoms with van der Waals surface area (Å²) in [6, 6.07) is -1.50. The van der Waals surface area contributed by atoms with E-state index in [-0.39, 0.29) is 30.2 Å². The summed E-state index contributed by atoms with van der Waals surface area (Å²) in [7, 11) is 1.70. The van der Waals surface area contributed by atoms with Gasteiger partial charge in [-0.3, -0.25) is 14.4 Å². The third-order valence-electron chi connectivity index (χ3n) is 8.20. The number of hydrogen-bond acceptors (Lipinski definition) is 5. The maximum absolute atomic E-state index is 14.3. The van der Waals surface area contributed by atoms with Gasteiger partial charge in [0.05, 0.1) is 30.1 Å². The van der Waals surface area contributed by atoms with Crippen molar-refractivity contribution in [3.63, 3.8) is 0 Å². The van der Waals surface area contributed by atoms with E-state index in [2.05, 4.69) is 13.2 Å². The monoisotopic (exact) mass is 489 g/mol. The average Bonchev–Trinajstić information content (AvgIpc) is 3.32. The Balaban J connectivity index is 2.19. The molecule has 0 aromatic carbocycles. The van der Waals surface area contributed by atoms with Gasteiger partial charge in [0.2, 0.25) is 17.7 Å². The van der Waals surface area contributed by atoms with Crippen molar-refractivity contribution in [1.29, 1.82) is 0 Å². The molecule has 0 aromatic rings. The number of likely N-dealkylation sites (tertiary alicyclic amines) is 1. The summed E-state index contributed by atoms with van der Waals surface area (Å²) in [6.07, 6.45) is 4.41. The first-order valence-electron chi connectivity index (χ1n) is 12.6. The molecule has 3 saturated heterocycles. The van der Waals surface area contributed by atoms with Gasteiger partial charge in [-0.1, -0.05) is 26.0 Å². The number of likely N-dealkylation sites (N-methyl/N-ethyl adjacent to an activating group) is 1. The van der Waals surface area contributed by atoms with Gasteiger partial charge in [0.25, 0.3) is 0 Å². The van der Waals surface area contributed by atoms with Crippen molar-refractivity contribution in [3.05, 3.63) is 25.3 Å². The Labute approximate surface area is 210 Å². The maximum atomic E-state index is 14.3. The fourth-order valence-electron chi connectivity index (χ4n) is 6.49. The molecule has 1 spiro atoms. The average molecular weight is 490 g/mol. The quantitative estimate of drug-likeness (QED) is 0.502. The number of carbonyl (C=O) groups is 3. The van der Waals surface area contributed by atoms with E-state index < -0.39 is 40.7 Å². The third kappa shape index (κ3) is 4.12. The molecule has 196 valence electrons. The van der Waals surface area contributed by atoms with Crippen molar-refractivity contribution in [2.75, 3.05) is 26.7 Å². The number of aliphatic hydroxyl groups is 1. The van der Waals surface area contributed by atoms with Gasteiger partial charge in [-0.25, -0.2) is 0 Å². The number of nitrogens with zero attached hydrogens (tertiary/aromatic N) is 3. The Hall–Kier alpha value is -2.19. The van der Waals surface area contributed by atoms with E-state index in [0.717, 1.165) is 0 Å². The van der Waals surface area contributed by atoms with E-state index in [1.54, 1.807) is 33.9 Å². The summed E-state index contributed by atoms with van der Waals surface area (Å²) in [5, 5.41) is 10.3. The van der Waals surface area contributed by atoms with Crippen LogP contribution in [0.5, 0.6) is 0 Å². The highest BCUT2D eigenvalue weighted by Gasteiger charge is 2.79. The Morgan fingerprint density at radius 1 is 1.20 bits per heavy atom. The Kier molecular flexibility index (Phi) is 7.32. The molecule has 0 radical (unpaired) electrons. The lowest BCUT2D eigenvalue weighted by atomic mass is 9.66. The number of hydrogen-bond donors (Lipinski definition) is 1. The molecule has 6 atom stereocenters. The third-order valence-corrected chi connectivity index (χ3v) is 8.20. The zero-order chi connectivity index (χ0) is 26.5. The Morgan fingerprint density at radius 3 is 2.29 bits per heavy atom. The van der Waals surface area contributed by atoms with Crippen LogP contribution in [0.15, 0.2) is 25.3 Å². The highest BCUT2D eigenvalue weighted by atomic mass is 16.5. The first-order valence-corrected chi connectivity index (χ1v) is 12.6. The molecule has 0 aliphatic carbocycles. The number of fused-ring (bicyclic) bond motifs is 1. The molecule has 8 nitrogen and oxygen atoms in total. The predicted molar refractivity (Wildman–Crippen MR) is 134 cm³/mol. The normalized spacial score (nSPS) is 32.5. The van der Waals surface area contributed by atoms with Gasteiger partial charge in [0.1, 0.15) is 11.6 Å². The van der Waals surface area contributed by atoms with Gasteiger partial charge in [-0.2, -0.15) is 0 Å². The molecule has 3 aliphatic rings. The number of amides is 3. The van der Waals surface area contributed by atoms with Crippen LogP contribution in [0.4, 0.5) is 0 Å². The number of aliphatic hydroxyl groups excluding tert-OH is 1. The Morgan fingerprint density at radius 2 is 1.80 bits per heavy atom. The van der Waals surface area contributed by atoms with Gasteiger partial charge in [-0.05, 0) is 46.5 Å². The van der Waals surface area contributed by atoms with Gasteiger partial charge >= 0.3 is 0 Å². The van der Waals surface area contributed by atoms with Crippen LogP contribution in [0.1, 0.15) is 54.4 Å². The maximum Gasteiger partial charge on any atom is 0.249 e. The molecule has 0 saturated carbocycles. The minimum absolute atomic E-state index is 0.0951. The summed E-state index contributed by atoms with van der Waals surface area (Å²) in [5.74, 6) is -2.27. The second-order valence-corrected chi connectivity index (χ2v) is 11.9. The van der Waals surface area contributed by atoms with E-state index in [1.807, 2.05) is 41.5 Å². The molecule has 1 N–H and O–H groups in total. The molecule has 3 amide bonds. The topological polar surface area (TPSA) is 90.4 Å². The van der Waals surface area contributed by atoms with Crippen molar-refractivity contribution < 1.29 is 24.2 Å². The van der Waals surface area contributed by atoms with Crippen LogP contribution in [0.25, 0.3) is 0 Å². The standard InChI is InChI=1S/C27H43N3O5/c1-10-14-28(9)22(32)19-20-23(33)30(18(16-31)17(3)4)21(27(20)13-12-26(19,8)35-27)24(34)29(15-11-2)25(5,6)7/h10-11,17-21,31H,1-2,12-16H2,3-9H3/t18-,19-,20-,21?,26+,27?/m0/s1. The zero-order valence-electron chi connectivity index (χ0n) is 22.4. The van der Waals surface area contributed by atoms with Crippen LogP contribution in [0, 0.1) is 17.8 Å². The summed E-state index contributed by atoms with van der Waals surface area (Å²) in [5.41, 5.74) is -2.48. The van der Waals surface area contributed by atoms with Crippen LogP contribution in [0.2, 0.25) is 0 Å². The predicted octanol–water partition coefficient (Wildman–Crippen LogP) is 2.23. The molecule has 3 fully saturated rings. The largest absolute Gasteiger partial charge is 0.394 e. The van der Waals surface area contributed by atoms with Gasteiger partial charge < -0.3 is 24.5 Å². The van der Waals surface area contributed by atoms with Crippen LogP contribution in [-0.2, 0) is 19.1 Å². The molecule has 2 unspecified atom stereocenters. The fraction of sp³-hybridized carbons (Fsp3) is 0.741. The molecule has 35 heavy (non-hydrogen) atoms. The minimum Gasteiger partial charge on any atom is -0.394 e. The molecule has 2 bridgehead atoms. The fourth-order valence-corrected chi connectivity index (χ4v) is 6.49. The molecule has 0 aromatic heterocycles. The van der Waals surface area contributed by atoms with Gasteiger partial charge in [0.15, 0.2) is 0 Å². The summed E-state index contributed by atoms with van der Waals surface area (Å²) >= 11 is 0. The van der Waals surface area contributed by atoms with Crippen LogP contribution in [-0.4, -0.2) is 93.1 Å². The lowest BCUT2D eigenvalue weighted by Gasteiger charge is -2.44. The van der Waals surface area contributed by atoms with E-state index in [9.17, 15) is 19.5 Å². The van der Waals surface area contributed by atoms with Crippen molar-refractivity contribution in [2.24, 2.45) is 17.8 Å². The molecule has 3 heterocycles. The lowest BCUT2D eigenvalue weighted by molar-refractivity contribution is -0.159. The van der Waals surface area contributed by atoms with Crippen molar-refractivity contribution in [1.82, 2.24) is 14.7 Å². The highest BCUT2D eigenvalue weighted by molar-refractivity contribution is 5.99. The highest BCUT2D eigenvalue weighted by Crippen LogP contribution is 2.64. The van der Waals surface area contributed by atoms with E-state index in [1.165, 1.54) is 0 Å². The number of rotatable bonds is 9. The van der Waals surface area contributed by atoms with E-state index >= 15 is 0 Å². The van der Waals surface area contributed by atoms with Crippen LogP contribution in [0.3, 0.4) is 0 Å². The molecule has 3 rings (SSSR count). The van der Waals surface area contributed by atoms with Crippen molar-refractivity contribution >= 4 is 17.7 Å². The van der Waals surface area contributed by atoms with Crippen molar-refractivity contribution in [3.8, 4) is 0 Å². The summed E-state index contributed by atoms with van der Waals surface area (Å²) < 4.78 is 6.69. The minimum atomic E-state index is -1.12. The van der Waals surface area contributed by atoms with Crippen LogP contribution >= 0.6 is 0 Å². The lowest BCUT2D eigenvalue weighted by Crippen LogP contribution is -2.62. The smallest absolute Gasteiger partial charge is 0.249 e. The van der Waals surface area contributed by atoms with E-state index in [0.29, 0.717) is 25.9 Å². The molecular weight excluding hydrogens is 446 g/mol. The van der Waals surface area contributed by atoms with Gasteiger partial charge in [-0.15, -0.1) is 13.2 Å². The Bertz CT molecular complexity index is 896. The SMILES string of the molecule is C=CCN(C)C(=O)[C@@H]1[C@H]2C(=O)N([C@@H](CO)C(C)C)C(C(=O)N(CC=C)C(C)(C)C)C23CC[C@@]1(C)O3.